The lowest BCUT2D eigenvalue weighted by Crippen LogP contribution is -2.53. The number of sulfonamides is 1. The van der Waals surface area contributed by atoms with E-state index in [4.69, 9.17) is 23.2 Å². The molecule has 0 fully saturated rings. The van der Waals surface area contributed by atoms with Crippen molar-refractivity contribution in [3.63, 3.8) is 0 Å². The molecule has 3 aromatic rings. The summed E-state index contributed by atoms with van der Waals surface area (Å²) in [4.78, 5) is 28.9. The number of carbonyl (C=O) groups is 2. The van der Waals surface area contributed by atoms with Crippen molar-refractivity contribution in [2.24, 2.45) is 0 Å². The smallest absolute Gasteiger partial charge is 0.264 e. The van der Waals surface area contributed by atoms with Gasteiger partial charge in [-0.05, 0) is 68.7 Å². The molecule has 2 atom stereocenters. The van der Waals surface area contributed by atoms with Crippen molar-refractivity contribution >= 4 is 50.7 Å². The fraction of sp³-hybridized carbons (Fsp3) is 0.333. The third-order valence-electron chi connectivity index (χ3n) is 6.66. The van der Waals surface area contributed by atoms with Gasteiger partial charge in [0.1, 0.15) is 12.6 Å². The van der Waals surface area contributed by atoms with Crippen LogP contribution in [0.1, 0.15) is 44.7 Å². The minimum atomic E-state index is -4.11. The number of hydrogen-bond acceptors (Lipinski definition) is 4. The first-order valence-electron chi connectivity index (χ1n) is 13.2. The van der Waals surface area contributed by atoms with Gasteiger partial charge in [0.2, 0.25) is 11.8 Å². The highest BCUT2D eigenvalue weighted by Crippen LogP contribution is 2.27. The van der Waals surface area contributed by atoms with Gasteiger partial charge in [0.15, 0.2) is 0 Å². The van der Waals surface area contributed by atoms with Crippen molar-refractivity contribution in [3.8, 4) is 0 Å². The maximum Gasteiger partial charge on any atom is 0.264 e. The van der Waals surface area contributed by atoms with Crippen molar-refractivity contribution in [2.45, 2.75) is 64.1 Å². The summed E-state index contributed by atoms with van der Waals surface area (Å²) in [6.45, 7) is 7.06. The Bertz CT molecular complexity index is 1420. The number of hydrogen-bond donors (Lipinski definition) is 1. The van der Waals surface area contributed by atoms with Gasteiger partial charge >= 0.3 is 0 Å². The first kappa shape index (κ1) is 31.5. The van der Waals surface area contributed by atoms with E-state index >= 15 is 0 Å². The van der Waals surface area contributed by atoms with Gasteiger partial charge < -0.3 is 10.2 Å². The van der Waals surface area contributed by atoms with Crippen LogP contribution in [0.5, 0.6) is 0 Å². The van der Waals surface area contributed by atoms with Crippen LogP contribution in [-0.2, 0) is 26.2 Å². The van der Waals surface area contributed by atoms with Gasteiger partial charge in [0.05, 0.1) is 20.6 Å². The summed E-state index contributed by atoms with van der Waals surface area (Å²) in [6.07, 6.45) is 1.05. The number of nitrogens with one attached hydrogen (secondary N) is 1. The molecule has 2 amide bonds. The number of amides is 2. The molecule has 0 aliphatic carbocycles. The minimum Gasteiger partial charge on any atom is -0.352 e. The molecule has 0 aliphatic rings. The zero-order valence-electron chi connectivity index (χ0n) is 23.1. The van der Waals surface area contributed by atoms with E-state index in [0.717, 1.165) is 16.3 Å². The van der Waals surface area contributed by atoms with Crippen LogP contribution in [0.25, 0.3) is 0 Å². The van der Waals surface area contributed by atoms with Crippen LogP contribution in [0.4, 0.5) is 5.69 Å². The molecule has 10 heteroatoms. The van der Waals surface area contributed by atoms with Crippen LogP contribution in [0, 0.1) is 6.92 Å². The lowest BCUT2D eigenvalue weighted by Gasteiger charge is -2.33. The molecule has 3 aromatic carbocycles. The van der Waals surface area contributed by atoms with Crippen molar-refractivity contribution in [2.75, 3.05) is 10.8 Å². The van der Waals surface area contributed by atoms with Crippen molar-refractivity contribution in [1.29, 1.82) is 0 Å². The Morgan fingerprint density at radius 2 is 1.55 bits per heavy atom. The molecule has 3 rings (SSSR count). The van der Waals surface area contributed by atoms with E-state index in [1.165, 1.54) is 17.0 Å². The topological polar surface area (TPSA) is 86.8 Å². The minimum absolute atomic E-state index is 0.0371. The number of carbonyl (C=O) groups excluding carboxylic acids is 2. The van der Waals surface area contributed by atoms with E-state index < -0.39 is 28.5 Å². The molecule has 0 saturated heterocycles. The van der Waals surface area contributed by atoms with Gasteiger partial charge in [-0.15, -0.1) is 0 Å². The first-order valence-corrected chi connectivity index (χ1v) is 15.4. The summed E-state index contributed by atoms with van der Waals surface area (Å²) in [5, 5.41) is 3.64. The third-order valence-corrected chi connectivity index (χ3v) is 9.18. The number of aryl methyl sites for hydroxylation is 1. The number of para-hydroxylation sites is 1. The fourth-order valence-electron chi connectivity index (χ4n) is 4.16. The number of halogens is 2. The van der Waals surface area contributed by atoms with Gasteiger partial charge in [-0.1, -0.05) is 79.0 Å². The zero-order chi connectivity index (χ0) is 29.4. The summed E-state index contributed by atoms with van der Waals surface area (Å²) in [7, 11) is -4.11. The second-order valence-corrected chi connectivity index (χ2v) is 12.3. The Labute approximate surface area is 247 Å². The number of rotatable bonds is 12. The molecule has 40 heavy (non-hydrogen) atoms. The summed E-state index contributed by atoms with van der Waals surface area (Å²) in [5.74, 6) is -0.838. The highest BCUT2D eigenvalue weighted by molar-refractivity contribution is 7.92. The van der Waals surface area contributed by atoms with Gasteiger partial charge in [0.25, 0.3) is 10.0 Å². The van der Waals surface area contributed by atoms with Crippen molar-refractivity contribution in [3.05, 3.63) is 94.0 Å². The molecular weight excluding hydrogens is 569 g/mol. The predicted octanol–water partition coefficient (Wildman–Crippen LogP) is 6.22. The molecule has 0 radical (unpaired) electrons. The Morgan fingerprint density at radius 1 is 0.900 bits per heavy atom. The van der Waals surface area contributed by atoms with E-state index in [9.17, 15) is 18.0 Å². The van der Waals surface area contributed by atoms with Crippen LogP contribution in [-0.4, -0.2) is 43.8 Å². The van der Waals surface area contributed by atoms with Crippen LogP contribution in [0.2, 0.25) is 10.0 Å². The molecular formula is C30H35Cl2N3O4S. The summed E-state index contributed by atoms with van der Waals surface area (Å²) >= 11 is 12.3. The lowest BCUT2D eigenvalue weighted by atomic mass is 10.1. The molecule has 0 saturated carbocycles. The molecule has 0 aromatic heterocycles. The number of anilines is 1. The van der Waals surface area contributed by atoms with Crippen molar-refractivity contribution in [1.82, 2.24) is 10.2 Å². The third kappa shape index (κ3) is 7.77. The highest BCUT2D eigenvalue weighted by atomic mass is 35.5. The quantitative estimate of drug-likeness (QED) is 0.266. The van der Waals surface area contributed by atoms with Gasteiger partial charge in [-0.25, -0.2) is 8.42 Å². The summed E-state index contributed by atoms with van der Waals surface area (Å²) < 4.78 is 28.8. The SMILES string of the molecule is CC[C@H](C(=O)N[C@@H](C)CC)N(Cc1ccc(Cl)c(Cl)c1)C(=O)CN(c1ccccc1)S(=O)(=O)c1ccc(C)cc1. The standard InChI is InChI=1S/C30H35Cl2N3O4S/c1-5-22(4)33-30(37)28(6-2)34(19-23-14-17-26(31)27(32)18-23)29(36)20-35(24-10-8-7-9-11-24)40(38,39)25-15-12-21(3)13-16-25/h7-18,22,28H,5-6,19-20H2,1-4H3,(H,33,37)/t22-,28+/m0/s1. The molecule has 0 unspecified atom stereocenters. The predicted molar refractivity (Wildman–Crippen MR) is 161 cm³/mol. The second kappa shape index (κ2) is 14.0. The molecule has 1 N–H and O–H groups in total. The Balaban J connectivity index is 2.05. The largest absolute Gasteiger partial charge is 0.352 e. The number of nitrogens with zero attached hydrogens (tertiary/aromatic N) is 2. The van der Waals surface area contributed by atoms with E-state index in [1.807, 2.05) is 27.7 Å². The van der Waals surface area contributed by atoms with E-state index in [-0.39, 0.29) is 23.4 Å². The van der Waals surface area contributed by atoms with Crippen LogP contribution >= 0.6 is 23.2 Å². The fourth-order valence-corrected chi connectivity index (χ4v) is 5.89. The van der Waals surface area contributed by atoms with Gasteiger partial charge in [0, 0.05) is 12.6 Å². The molecule has 0 aliphatic heterocycles. The molecule has 0 heterocycles. The molecule has 214 valence electrons. The van der Waals surface area contributed by atoms with Crippen LogP contribution < -0.4 is 9.62 Å². The molecule has 7 nitrogen and oxygen atoms in total. The maximum atomic E-state index is 14.1. The Hall–Kier alpha value is -3.07. The Kier molecular flexibility index (Phi) is 11.0. The average Bonchev–Trinajstić information content (AvgIpc) is 2.93. The van der Waals surface area contributed by atoms with Crippen LogP contribution in [0.15, 0.2) is 77.7 Å². The lowest BCUT2D eigenvalue weighted by molar-refractivity contribution is -0.140. The molecule has 0 spiro atoms. The van der Waals surface area contributed by atoms with Crippen LogP contribution in [0.3, 0.4) is 0 Å². The average molecular weight is 605 g/mol. The second-order valence-electron chi connectivity index (χ2n) is 9.67. The van der Waals surface area contributed by atoms with E-state index in [2.05, 4.69) is 5.32 Å². The van der Waals surface area contributed by atoms with E-state index in [0.29, 0.717) is 27.7 Å². The summed E-state index contributed by atoms with van der Waals surface area (Å²) in [6, 6.07) is 19.0. The monoisotopic (exact) mass is 603 g/mol. The van der Waals surface area contributed by atoms with Gasteiger partial charge in [-0.2, -0.15) is 0 Å². The highest BCUT2D eigenvalue weighted by Gasteiger charge is 2.34. The first-order chi connectivity index (χ1) is 19.0. The normalized spacial score (nSPS) is 12.8. The maximum absolute atomic E-state index is 14.1. The van der Waals surface area contributed by atoms with Crippen molar-refractivity contribution < 1.29 is 18.0 Å². The molecule has 0 bridgehead atoms. The van der Waals surface area contributed by atoms with Gasteiger partial charge in [-0.3, -0.25) is 13.9 Å². The number of benzene rings is 3. The summed E-state index contributed by atoms with van der Waals surface area (Å²) in [5.41, 5.74) is 1.90. The zero-order valence-corrected chi connectivity index (χ0v) is 25.4. The van der Waals surface area contributed by atoms with E-state index in [1.54, 1.807) is 60.7 Å². The Morgan fingerprint density at radius 3 is 2.12 bits per heavy atom.